The zero-order valence-electron chi connectivity index (χ0n) is 31.1. The lowest BCUT2D eigenvalue weighted by atomic mass is 9.44. The van der Waals surface area contributed by atoms with Crippen molar-refractivity contribution in [2.75, 3.05) is 13.2 Å². The number of carbonyl (C=O) groups excluding carboxylic acids is 3. The molecule has 11 atom stereocenters. The van der Waals surface area contributed by atoms with E-state index in [1.807, 2.05) is 0 Å². The number of Topliss-reactive ketones (excluding diaryl/α,β-unsaturated/α-hetero) is 2. The summed E-state index contributed by atoms with van der Waals surface area (Å²) in [6, 6.07) is 5.43. The molecule has 0 heterocycles. The molecule has 0 radical (unpaired) electrons. The van der Waals surface area contributed by atoms with Crippen molar-refractivity contribution < 1.29 is 66.0 Å². The van der Waals surface area contributed by atoms with Gasteiger partial charge < -0.3 is 24.4 Å². The van der Waals surface area contributed by atoms with Gasteiger partial charge in [0.05, 0.1) is 6.10 Å². The van der Waals surface area contributed by atoms with Crippen LogP contribution in [0.15, 0.2) is 48.1 Å². The number of carbonyl (C=O) groups is 3. The summed E-state index contributed by atoms with van der Waals surface area (Å²) in [4.78, 5) is 59.0. The van der Waals surface area contributed by atoms with Crippen molar-refractivity contribution in [3.8, 4) is 17.6 Å². The van der Waals surface area contributed by atoms with Gasteiger partial charge >= 0.3 is 15.6 Å². The number of aliphatic hydroxyl groups excluding tert-OH is 1. The second-order valence-electron chi connectivity index (χ2n) is 16.1. The lowest BCUT2D eigenvalue weighted by Crippen LogP contribution is -2.69. The first kappa shape index (κ1) is 41.8. The maximum Gasteiger partial charge on any atom is 0.536 e. The summed E-state index contributed by atoms with van der Waals surface area (Å²) >= 11 is 0. The average molecular weight is 807 g/mol. The standard InChI is InChI=1S/C39H49FO13P2/c1-25-19-33-32-16-13-27-21-28(41)17-18-36(27,2)38(32,40)34(43)22-37(33,3)39(25,45)35(44)24-51-54(46,47)53-55(48,49)52-31-14-11-26(12-15-31)20-29(42)23-50-30-9-7-5-4-6-8-10-30/h11-12,14-15,17-18,21,25,30,32-34,43,45H,4-7,9,13,16,19-20,22-24H2,1-3H3,(H,46,47)(H,48,49)/t25-,30?,32+,33+,34+,36+,37+,38+,39+/m1/s1. The van der Waals surface area contributed by atoms with Crippen molar-refractivity contribution in [2.45, 2.75) is 108 Å². The number of hydrogen-bond acceptors (Lipinski definition) is 11. The Labute approximate surface area is 319 Å². The van der Waals surface area contributed by atoms with Crippen molar-refractivity contribution in [1.82, 2.24) is 0 Å². The molecule has 55 heavy (non-hydrogen) atoms. The number of aliphatic hydroxyl groups is 2. The zero-order valence-corrected chi connectivity index (χ0v) is 32.9. The number of ether oxygens (including phenoxy) is 1. The van der Waals surface area contributed by atoms with Gasteiger partial charge in [-0.05, 0) is 93.6 Å². The van der Waals surface area contributed by atoms with Crippen molar-refractivity contribution in [3.63, 3.8) is 0 Å². The monoisotopic (exact) mass is 806 g/mol. The Morgan fingerprint density at radius 3 is 2.47 bits per heavy atom. The van der Waals surface area contributed by atoms with Crippen LogP contribution in [0.4, 0.5) is 4.39 Å². The third kappa shape index (κ3) is 7.90. The quantitative estimate of drug-likeness (QED) is 0.140. The van der Waals surface area contributed by atoms with Gasteiger partial charge in [0, 0.05) is 29.6 Å². The Morgan fingerprint density at radius 2 is 1.75 bits per heavy atom. The molecule has 0 aliphatic heterocycles. The summed E-state index contributed by atoms with van der Waals surface area (Å²) in [7, 11) is -10.8. The molecular weight excluding hydrogens is 757 g/mol. The summed E-state index contributed by atoms with van der Waals surface area (Å²) < 4.78 is 62.9. The molecule has 5 aliphatic carbocycles. The number of benzene rings is 1. The molecule has 6 rings (SSSR count). The molecule has 300 valence electrons. The van der Waals surface area contributed by atoms with Gasteiger partial charge in [0.25, 0.3) is 0 Å². The van der Waals surface area contributed by atoms with Crippen molar-refractivity contribution in [1.29, 1.82) is 0 Å². The predicted molar refractivity (Wildman–Crippen MR) is 196 cm³/mol. The number of hydrogen-bond donors (Lipinski definition) is 4. The highest BCUT2D eigenvalue weighted by atomic mass is 31.3. The van der Waals surface area contributed by atoms with Gasteiger partial charge in [-0.1, -0.05) is 50.0 Å². The number of ketones is 3. The summed E-state index contributed by atoms with van der Waals surface area (Å²) in [5, 5.41) is 23.6. The smallest absolute Gasteiger partial charge is 0.404 e. The van der Waals surface area contributed by atoms with Crippen LogP contribution in [0.5, 0.6) is 5.75 Å². The highest BCUT2D eigenvalue weighted by Gasteiger charge is 2.75. The van der Waals surface area contributed by atoms with Crippen molar-refractivity contribution >= 4 is 33.0 Å². The van der Waals surface area contributed by atoms with Crippen LogP contribution in [0.1, 0.15) is 84.1 Å². The summed E-state index contributed by atoms with van der Waals surface area (Å²) in [6.07, 6.45) is 7.46. The van der Waals surface area contributed by atoms with E-state index >= 15 is 4.39 Å². The molecule has 1 aromatic rings. The van der Waals surface area contributed by atoms with E-state index in [9.17, 15) is 43.5 Å². The van der Waals surface area contributed by atoms with Gasteiger partial charge in [-0.15, -0.1) is 5.92 Å². The van der Waals surface area contributed by atoms with Crippen LogP contribution < -0.4 is 4.52 Å². The lowest BCUT2D eigenvalue weighted by molar-refractivity contribution is -0.219. The molecule has 16 heteroatoms. The van der Waals surface area contributed by atoms with Gasteiger partial charge in [-0.25, -0.2) is 13.5 Å². The van der Waals surface area contributed by atoms with Crippen LogP contribution in [0.25, 0.3) is 0 Å². The third-order valence-electron chi connectivity index (χ3n) is 12.7. The fraction of sp³-hybridized carbons (Fsp3) is 0.615. The van der Waals surface area contributed by atoms with Gasteiger partial charge in [0.2, 0.25) is 0 Å². The minimum absolute atomic E-state index is 0.0115. The summed E-state index contributed by atoms with van der Waals surface area (Å²) in [5.74, 6) is 2.17. The molecule has 0 amide bonds. The summed E-state index contributed by atoms with van der Waals surface area (Å²) in [6.45, 7) is 3.49. The van der Waals surface area contributed by atoms with E-state index in [0.717, 1.165) is 32.1 Å². The van der Waals surface area contributed by atoms with E-state index in [0.29, 0.717) is 17.6 Å². The number of phosphoric ester groups is 2. The van der Waals surface area contributed by atoms with Crippen molar-refractivity contribution in [2.24, 2.45) is 28.6 Å². The maximum atomic E-state index is 17.4. The second-order valence-corrected chi connectivity index (χ2v) is 19.0. The van der Waals surface area contributed by atoms with E-state index in [1.54, 1.807) is 20.8 Å². The normalized spacial score (nSPS) is 37.6. The Hall–Kier alpha value is -2.82. The van der Waals surface area contributed by atoms with E-state index in [-0.39, 0.29) is 55.7 Å². The number of fused-ring (bicyclic) bond motifs is 5. The topological polar surface area (TPSA) is 203 Å². The summed E-state index contributed by atoms with van der Waals surface area (Å²) in [5.41, 5.74) is -5.98. The SMILES string of the molecule is C[C@@H]1C[C@H]2[C@@H]3CCC4=CC(=O)C=C[C@]4(C)[C@@]3(F)[C@@H](O)C[C@]2(C)[C@@]1(O)C(=O)COP(=O)(O)OP(=O)(O)Oc1ccc(CC(=O)COC2C#CCCCCC2)cc1. The van der Waals surface area contributed by atoms with Gasteiger partial charge in [-0.3, -0.25) is 23.8 Å². The second kappa shape index (κ2) is 15.5. The number of allylic oxidation sites excluding steroid dienone is 4. The number of halogens is 1. The number of alkyl halides is 1. The van der Waals surface area contributed by atoms with Crippen LogP contribution in [-0.4, -0.2) is 74.0 Å². The van der Waals surface area contributed by atoms with Crippen LogP contribution in [0, 0.1) is 40.4 Å². The average Bonchev–Trinajstić information content (AvgIpc) is 3.29. The Kier molecular flexibility index (Phi) is 11.8. The van der Waals surface area contributed by atoms with E-state index in [4.69, 9.17) is 13.8 Å². The minimum Gasteiger partial charge on any atom is -0.404 e. The molecule has 5 aliphatic rings. The van der Waals surface area contributed by atoms with E-state index < -0.39 is 74.0 Å². The highest BCUT2D eigenvalue weighted by molar-refractivity contribution is 7.61. The fourth-order valence-electron chi connectivity index (χ4n) is 9.94. The molecule has 0 spiro atoms. The predicted octanol–water partition coefficient (Wildman–Crippen LogP) is 5.68. The fourth-order valence-corrected chi connectivity index (χ4v) is 12.0. The maximum absolute atomic E-state index is 17.4. The van der Waals surface area contributed by atoms with Gasteiger partial charge in [0.15, 0.2) is 23.0 Å². The first-order valence-electron chi connectivity index (χ1n) is 18.7. The van der Waals surface area contributed by atoms with Crippen LogP contribution in [0.2, 0.25) is 0 Å². The molecule has 3 fully saturated rings. The van der Waals surface area contributed by atoms with E-state index in [2.05, 4.69) is 16.2 Å². The molecule has 13 nitrogen and oxygen atoms in total. The molecule has 3 unspecified atom stereocenters. The number of rotatable bonds is 13. The Bertz CT molecular complexity index is 1920. The molecule has 3 saturated carbocycles. The van der Waals surface area contributed by atoms with Gasteiger partial charge in [0.1, 0.15) is 30.7 Å². The first-order valence-corrected chi connectivity index (χ1v) is 21.7. The largest absolute Gasteiger partial charge is 0.536 e. The zero-order chi connectivity index (χ0) is 40.0. The van der Waals surface area contributed by atoms with Crippen LogP contribution in [0.3, 0.4) is 0 Å². The lowest BCUT2D eigenvalue weighted by Gasteiger charge is -2.62. The molecule has 0 bridgehead atoms. The van der Waals surface area contributed by atoms with Crippen LogP contribution in [-0.2, 0) is 43.5 Å². The Balaban J connectivity index is 1.05. The number of phosphoric acid groups is 2. The molecular formula is C39H49FO13P2. The molecule has 4 N–H and O–H groups in total. The molecule has 1 aromatic carbocycles. The van der Waals surface area contributed by atoms with E-state index in [1.165, 1.54) is 42.5 Å². The molecule has 0 aromatic heterocycles. The molecule has 0 saturated heterocycles. The third-order valence-corrected chi connectivity index (χ3v) is 15.3. The Morgan fingerprint density at radius 1 is 1.02 bits per heavy atom. The van der Waals surface area contributed by atoms with Crippen LogP contribution >= 0.6 is 15.6 Å². The van der Waals surface area contributed by atoms with Crippen molar-refractivity contribution in [3.05, 3.63) is 53.6 Å². The first-order chi connectivity index (χ1) is 25.7. The van der Waals surface area contributed by atoms with Gasteiger partial charge in [-0.2, -0.15) is 4.31 Å². The minimum atomic E-state index is -5.47. The highest BCUT2D eigenvalue weighted by Crippen LogP contribution is 2.71.